The Labute approximate surface area is 124 Å². The monoisotopic (exact) mass is 289 g/mol. The molecule has 1 aliphatic heterocycles. The van der Waals surface area contributed by atoms with Crippen LogP contribution in [0.1, 0.15) is 42.6 Å². The molecule has 2 unspecified atom stereocenters. The predicted molar refractivity (Wildman–Crippen MR) is 79.3 cm³/mol. The van der Waals surface area contributed by atoms with Gasteiger partial charge in [-0.1, -0.05) is 18.8 Å². The van der Waals surface area contributed by atoms with Crippen molar-refractivity contribution >= 4 is 5.91 Å². The SMILES string of the molecule is CC1CCCN(C(=O)c2ccc(C#CCO)cc2F)C1C. The quantitative estimate of drug-likeness (QED) is 0.807. The van der Waals surface area contributed by atoms with E-state index in [0.29, 0.717) is 18.0 Å². The van der Waals surface area contributed by atoms with Crippen LogP contribution in [0.5, 0.6) is 0 Å². The molecule has 3 nitrogen and oxygen atoms in total. The van der Waals surface area contributed by atoms with Crippen LogP contribution in [0.2, 0.25) is 0 Å². The van der Waals surface area contributed by atoms with E-state index >= 15 is 0 Å². The van der Waals surface area contributed by atoms with Crippen molar-refractivity contribution in [3.8, 4) is 11.8 Å². The Morgan fingerprint density at radius 1 is 1.48 bits per heavy atom. The van der Waals surface area contributed by atoms with Gasteiger partial charge in [0.15, 0.2) is 0 Å². The van der Waals surface area contributed by atoms with Crippen LogP contribution in [0.3, 0.4) is 0 Å². The molecule has 0 aliphatic carbocycles. The van der Waals surface area contributed by atoms with Crippen LogP contribution in [0.25, 0.3) is 0 Å². The minimum absolute atomic E-state index is 0.0884. The molecule has 0 spiro atoms. The molecule has 1 N–H and O–H groups in total. The lowest BCUT2D eigenvalue weighted by Crippen LogP contribution is -2.46. The summed E-state index contributed by atoms with van der Waals surface area (Å²) in [5, 5.41) is 8.64. The molecule has 21 heavy (non-hydrogen) atoms. The largest absolute Gasteiger partial charge is 0.384 e. The molecule has 2 rings (SSSR count). The molecule has 0 bridgehead atoms. The molecule has 112 valence electrons. The van der Waals surface area contributed by atoms with Gasteiger partial charge in [-0.15, -0.1) is 0 Å². The third-order valence-electron chi connectivity index (χ3n) is 4.15. The van der Waals surface area contributed by atoms with E-state index in [1.54, 1.807) is 11.0 Å². The number of piperidine rings is 1. The maximum Gasteiger partial charge on any atom is 0.257 e. The molecule has 1 amide bonds. The fraction of sp³-hybridized carbons (Fsp3) is 0.471. The second-order valence-electron chi connectivity index (χ2n) is 5.51. The number of rotatable bonds is 1. The van der Waals surface area contributed by atoms with E-state index in [9.17, 15) is 9.18 Å². The van der Waals surface area contributed by atoms with Crippen molar-refractivity contribution in [2.24, 2.45) is 5.92 Å². The summed E-state index contributed by atoms with van der Waals surface area (Å²) in [4.78, 5) is 14.3. The zero-order chi connectivity index (χ0) is 15.4. The van der Waals surface area contributed by atoms with Crippen LogP contribution in [-0.4, -0.2) is 35.1 Å². The van der Waals surface area contributed by atoms with Crippen LogP contribution in [0, 0.1) is 23.6 Å². The number of hydrogen-bond donors (Lipinski definition) is 1. The van der Waals surface area contributed by atoms with Crippen molar-refractivity contribution < 1.29 is 14.3 Å². The first-order valence-corrected chi connectivity index (χ1v) is 7.25. The molecule has 0 aromatic heterocycles. The number of halogens is 1. The summed E-state index contributed by atoms with van der Waals surface area (Å²) < 4.78 is 14.1. The summed E-state index contributed by atoms with van der Waals surface area (Å²) in [6.45, 7) is 4.54. The van der Waals surface area contributed by atoms with Gasteiger partial charge in [0.25, 0.3) is 5.91 Å². The molecule has 1 fully saturated rings. The first-order valence-electron chi connectivity index (χ1n) is 7.25. The van der Waals surface area contributed by atoms with Gasteiger partial charge in [0.05, 0.1) is 5.56 Å². The molecule has 1 saturated heterocycles. The number of carbonyl (C=O) groups is 1. The van der Waals surface area contributed by atoms with Crippen molar-refractivity contribution in [1.82, 2.24) is 4.90 Å². The highest BCUT2D eigenvalue weighted by Crippen LogP contribution is 2.25. The number of benzene rings is 1. The van der Waals surface area contributed by atoms with Gasteiger partial charge >= 0.3 is 0 Å². The predicted octanol–water partition coefficient (Wildman–Crippen LogP) is 2.43. The highest BCUT2D eigenvalue weighted by molar-refractivity contribution is 5.95. The number of amides is 1. The molecular weight excluding hydrogens is 269 g/mol. The van der Waals surface area contributed by atoms with Gasteiger partial charge in [-0.3, -0.25) is 4.79 Å². The maximum absolute atomic E-state index is 14.1. The second-order valence-corrected chi connectivity index (χ2v) is 5.51. The lowest BCUT2D eigenvalue weighted by Gasteiger charge is -2.38. The number of likely N-dealkylation sites (tertiary alicyclic amines) is 1. The maximum atomic E-state index is 14.1. The zero-order valence-electron chi connectivity index (χ0n) is 12.4. The smallest absolute Gasteiger partial charge is 0.257 e. The lowest BCUT2D eigenvalue weighted by molar-refractivity contribution is 0.0546. The van der Waals surface area contributed by atoms with Crippen LogP contribution in [0.15, 0.2) is 18.2 Å². The summed E-state index contributed by atoms with van der Waals surface area (Å²) in [5.41, 5.74) is 0.545. The summed E-state index contributed by atoms with van der Waals surface area (Å²) >= 11 is 0. The van der Waals surface area contributed by atoms with E-state index in [1.807, 2.05) is 6.92 Å². The van der Waals surface area contributed by atoms with Crippen molar-refractivity contribution in [2.75, 3.05) is 13.2 Å². The van der Waals surface area contributed by atoms with Crippen molar-refractivity contribution in [3.05, 3.63) is 35.1 Å². The average Bonchev–Trinajstić information content (AvgIpc) is 2.47. The molecule has 2 atom stereocenters. The van der Waals surface area contributed by atoms with E-state index in [1.165, 1.54) is 12.1 Å². The normalized spacial score (nSPS) is 21.6. The lowest BCUT2D eigenvalue weighted by atomic mass is 9.91. The van der Waals surface area contributed by atoms with Crippen molar-refractivity contribution in [1.29, 1.82) is 0 Å². The molecular formula is C17H20FNO2. The van der Waals surface area contributed by atoms with Crippen LogP contribution >= 0.6 is 0 Å². The standard InChI is InChI=1S/C17H20FNO2/c1-12-5-3-9-19(13(12)2)17(21)15-8-7-14(6-4-10-20)11-16(15)18/h7-8,11-13,20H,3,5,9-10H2,1-2H3. The summed E-state index contributed by atoms with van der Waals surface area (Å²) in [5.74, 6) is 4.71. The number of carbonyl (C=O) groups excluding carboxylic acids is 1. The van der Waals surface area contributed by atoms with E-state index in [-0.39, 0.29) is 24.1 Å². The topological polar surface area (TPSA) is 40.5 Å². The Morgan fingerprint density at radius 3 is 2.90 bits per heavy atom. The summed E-state index contributed by atoms with van der Waals surface area (Å²) in [7, 11) is 0. The van der Waals surface area contributed by atoms with Gasteiger partial charge in [0.2, 0.25) is 0 Å². The fourth-order valence-corrected chi connectivity index (χ4v) is 2.68. The highest BCUT2D eigenvalue weighted by Gasteiger charge is 2.30. The van der Waals surface area contributed by atoms with Gasteiger partial charge in [-0.05, 0) is 43.9 Å². The van der Waals surface area contributed by atoms with Gasteiger partial charge in [0.1, 0.15) is 12.4 Å². The van der Waals surface area contributed by atoms with Crippen LogP contribution in [-0.2, 0) is 0 Å². The average molecular weight is 289 g/mol. The van der Waals surface area contributed by atoms with Crippen LogP contribution in [0.4, 0.5) is 4.39 Å². The number of hydrogen-bond acceptors (Lipinski definition) is 2. The minimum atomic E-state index is -0.560. The minimum Gasteiger partial charge on any atom is -0.384 e. The Hall–Kier alpha value is -1.86. The summed E-state index contributed by atoms with van der Waals surface area (Å²) in [6.07, 6.45) is 2.06. The van der Waals surface area contributed by atoms with E-state index in [4.69, 9.17) is 5.11 Å². The molecule has 0 radical (unpaired) electrons. The highest BCUT2D eigenvalue weighted by atomic mass is 19.1. The van der Waals surface area contributed by atoms with Gasteiger partial charge in [-0.2, -0.15) is 0 Å². The number of aliphatic hydroxyl groups excluding tert-OH is 1. The third kappa shape index (κ3) is 3.43. The fourth-order valence-electron chi connectivity index (χ4n) is 2.68. The third-order valence-corrected chi connectivity index (χ3v) is 4.15. The number of nitrogens with zero attached hydrogens (tertiary/aromatic N) is 1. The Bertz CT molecular complexity index is 588. The molecule has 4 heteroatoms. The van der Waals surface area contributed by atoms with Gasteiger partial charge < -0.3 is 10.0 Å². The van der Waals surface area contributed by atoms with Crippen molar-refractivity contribution in [2.45, 2.75) is 32.7 Å². The van der Waals surface area contributed by atoms with Gasteiger partial charge in [-0.25, -0.2) is 4.39 Å². The molecule has 0 saturated carbocycles. The van der Waals surface area contributed by atoms with Crippen LogP contribution < -0.4 is 0 Å². The molecule has 1 aromatic carbocycles. The van der Waals surface area contributed by atoms with Gasteiger partial charge in [0, 0.05) is 18.2 Å². The number of aliphatic hydroxyl groups is 1. The van der Waals surface area contributed by atoms with Crippen molar-refractivity contribution in [3.63, 3.8) is 0 Å². The first kappa shape index (κ1) is 15.5. The van der Waals surface area contributed by atoms with E-state index in [2.05, 4.69) is 18.8 Å². The Balaban J connectivity index is 2.23. The van der Waals surface area contributed by atoms with E-state index in [0.717, 1.165) is 12.8 Å². The molecule has 1 aromatic rings. The zero-order valence-corrected chi connectivity index (χ0v) is 12.4. The molecule has 1 heterocycles. The Morgan fingerprint density at radius 2 is 2.24 bits per heavy atom. The van der Waals surface area contributed by atoms with E-state index < -0.39 is 5.82 Å². The second kappa shape index (κ2) is 6.73. The molecule has 1 aliphatic rings. The first-order chi connectivity index (χ1) is 10.0. The Kier molecular flexibility index (Phi) is 4.98. The summed E-state index contributed by atoms with van der Waals surface area (Å²) in [6, 6.07) is 4.45.